The third-order valence-electron chi connectivity index (χ3n) is 3.36. The maximum atomic E-state index is 13.7. The van der Waals surface area contributed by atoms with Crippen molar-refractivity contribution in [3.63, 3.8) is 0 Å². The standard InChI is InChI=1S/C13H12FN3O3/c14-6-3-7-8(9(15)4-6)5-17(13(7)20)10-1-2-11(18)16-12(10)19/h3-4,10H,1-2,5,15H2,(H,16,18,19)/i10D/hD3. The number of nitrogens with zero attached hydrogens (tertiary/aromatic N) is 1. The predicted octanol–water partition coefficient (Wildman–Crippen LogP) is 0.169. The molecular weight excluding hydrogens is 265 g/mol. The summed E-state index contributed by atoms with van der Waals surface area (Å²) < 4.78 is 44.0. The fourth-order valence-corrected chi connectivity index (χ4v) is 2.39. The van der Waals surface area contributed by atoms with E-state index in [2.05, 4.69) is 0 Å². The van der Waals surface area contributed by atoms with Crippen LogP contribution in [0, 0.1) is 5.82 Å². The molecule has 0 spiro atoms. The number of nitrogens with two attached hydrogens (primary N) is 1. The van der Waals surface area contributed by atoms with Crippen LogP contribution in [0.2, 0.25) is 4.24 Å². The highest BCUT2D eigenvalue weighted by molar-refractivity contribution is 6.06. The Labute approximate surface area is 119 Å². The van der Waals surface area contributed by atoms with Crippen molar-refractivity contribution in [2.45, 2.75) is 25.4 Å². The second kappa shape index (κ2) is 4.29. The van der Waals surface area contributed by atoms with Crippen LogP contribution in [-0.2, 0) is 16.1 Å². The predicted molar refractivity (Wildman–Crippen MR) is 66.9 cm³/mol. The maximum Gasteiger partial charge on any atom is 0.255 e. The number of nitrogens with one attached hydrogen (secondary N) is 1. The van der Waals surface area contributed by atoms with Gasteiger partial charge in [-0.25, -0.2) is 4.39 Å². The molecule has 2 heterocycles. The van der Waals surface area contributed by atoms with Crippen LogP contribution in [0.4, 0.5) is 10.1 Å². The highest BCUT2D eigenvalue weighted by Gasteiger charge is 2.39. The molecule has 1 unspecified atom stereocenters. The zero-order valence-electron chi connectivity index (χ0n) is 14.2. The molecule has 1 fully saturated rings. The molecule has 1 atom stereocenters. The molecule has 104 valence electrons. The zero-order valence-corrected chi connectivity index (χ0v) is 10.2. The summed E-state index contributed by atoms with van der Waals surface area (Å²) in [5.41, 5.74) is -0.00803. The van der Waals surface area contributed by atoms with E-state index in [4.69, 9.17) is 5.61 Å². The lowest BCUT2D eigenvalue weighted by atomic mass is 10.0. The summed E-state index contributed by atoms with van der Waals surface area (Å²) in [5, 5.41) is 0.0650. The van der Waals surface area contributed by atoms with Crippen LogP contribution in [0.15, 0.2) is 12.1 Å². The van der Waals surface area contributed by atoms with Crippen LogP contribution in [0.25, 0.3) is 0 Å². The van der Waals surface area contributed by atoms with Gasteiger partial charge in [0, 0.05) is 29.8 Å². The lowest BCUT2D eigenvalue weighted by molar-refractivity contribution is -0.136. The van der Waals surface area contributed by atoms with Crippen molar-refractivity contribution in [3.8, 4) is 0 Å². The molecule has 3 amide bonds. The Balaban J connectivity index is 2.04. The van der Waals surface area contributed by atoms with Crippen molar-refractivity contribution < 1.29 is 24.4 Å². The summed E-state index contributed by atoms with van der Waals surface area (Å²) in [4.78, 5) is 37.0. The van der Waals surface area contributed by atoms with Crippen molar-refractivity contribution in [2.24, 2.45) is 0 Å². The SMILES string of the molecule is [2H]N1C(=O)CCC([2H])(N2Cc3c(cc(F)cc3N([2H])[2H])C2=O)C1=O. The van der Waals surface area contributed by atoms with Crippen molar-refractivity contribution in [3.05, 3.63) is 29.1 Å². The Bertz CT molecular complexity index is 775. The molecule has 1 aromatic rings. The maximum absolute atomic E-state index is 13.7. The van der Waals surface area contributed by atoms with Gasteiger partial charge in [-0.1, -0.05) is 0 Å². The van der Waals surface area contributed by atoms with Gasteiger partial charge in [-0.05, 0) is 18.6 Å². The quantitative estimate of drug-likeness (QED) is 0.597. The zero-order chi connectivity index (χ0) is 17.8. The number of carbonyl (C=O) groups excluding carboxylic acids is 3. The van der Waals surface area contributed by atoms with Crippen LogP contribution >= 0.6 is 0 Å². The van der Waals surface area contributed by atoms with E-state index in [0.717, 1.165) is 17.0 Å². The molecule has 0 bridgehead atoms. The average Bonchev–Trinajstić information content (AvgIpc) is 2.86. The number of hydrogen-bond donors (Lipinski definition) is 2. The molecule has 20 heavy (non-hydrogen) atoms. The molecule has 0 saturated carbocycles. The molecule has 1 aromatic carbocycles. The van der Waals surface area contributed by atoms with Gasteiger partial charge in [0.2, 0.25) is 11.8 Å². The van der Waals surface area contributed by atoms with Crippen molar-refractivity contribution in [1.29, 1.82) is 0 Å². The van der Waals surface area contributed by atoms with E-state index in [9.17, 15) is 18.8 Å². The monoisotopic (exact) mass is 281 g/mol. The first-order valence-electron chi connectivity index (χ1n) is 7.79. The third-order valence-corrected chi connectivity index (χ3v) is 3.36. The van der Waals surface area contributed by atoms with E-state index in [1.807, 2.05) is 0 Å². The summed E-state index contributed by atoms with van der Waals surface area (Å²) >= 11 is 0. The Morgan fingerprint density at radius 3 is 3.05 bits per heavy atom. The molecule has 2 aliphatic rings. The van der Waals surface area contributed by atoms with Crippen molar-refractivity contribution >= 4 is 23.4 Å². The normalized spacial score (nSPS) is 28.8. The number of amides is 3. The molecule has 0 aliphatic carbocycles. The summed E-state index contributed by atoms with van der Waals surface area (Å²) in [6.45, 7) is -0.282. The molecule has 0 radical (unpaired) electrons. The molecule has 0 aromatic heterocycles. The minimum atomic E-state index is -2.16. The average molecular weight is 281 g/mol. The van der Waals surface area contributed by atoms with Crippen LogP contribution in [-0.4, -0.2) is 28.6 Å². The first-order chi connectivity index (χ1) is 11.2. The van der Waals surface area contributed by atoms with E-state index in [-0.39, 0.29) is 47.2 Å². The largest absolute Gasteiger partial charge is 0.398 e. The number of nitrogen functional groups attached to an aromatic ring is 1. The third kappa shape index (κ3) is 1.82. The van der Waals surface area contributed by atoms with E-state index in [1.165, 1.54) is 0 Å². The van der Waals surface area contributed by atoms with E-state index >= 15 is 0 Å². The Morgan fingerprint density at radius 1 is 1.50 bits per heavy atom. The first kappa shape index (κ1) is 8.68. The highest BCUT2D eigenvalue weighted by atomic mass is 19.1. The topological polar surface area (TPSA) is 92.5 Å². The molecular formula is C13H12FN3O3. The summed E-state index contributed by atoms with van der Waals surface area (Å²) in [7, 11) is 0. The van der Waals surface area contributed by atoms with Gasteiger partial charge in [-0.3, -0.25) is 19.7 Å². The molecule has 2 aliphatic heterocycles. The Hall–Kier alpha value is -2.44. The van der Waals surface area contributed by atoms with Gasteiger partial charge in [-0.2, -0.15) is 0 Å². The molecule has 6 nitrogen and oxygen atoms in total. The number of hydrogen-bond acceptors (Lipinski definition) is 4. The molecule has 3 N–H and O–H groups in total. The van der Waals surface area contributed by atoms with Crippen LogP contribution in [0.1, 0.15) is 30.1 Å². The van der Waals surface area contributed by atoms with Gasteiger partial charge in [0.05, 0.1) is 1.37 Å². The van der Waals surface area contributed by atoms with E-state index < -0.39 is 29.6 Å². The Morgan fingerprint density at radius 2 is 2.30 bits per heavy atom. The molecule has 1 saturated heterocycles. The van der Waals surface area contributed by atoms with Crippen LogP contribution in [0.3, 0.4) is 0 Å². The number of imide groups is 1. The fraction of sp³-hybridized carbons (Fsp3) is 0.308. The minimum Gasteiger partial charge on any atom is -0.398 e. The number of carbonyl (C=O) groups is 3. The lowest BCUT2D eigenvalue weighted by Gasteiger charge is -2.29. The summed E-state index contributed by atoms with van der Waals surface area (Å²) in [6, 6.07) is -0.325. The second-order valence-electron chi connectivity index (χ2n) is 4.60. The fourth-order valence-electron chi connectivity index (χ4n) is 2.39. The lowest BCUT2D eigenvalue weighted by Crippen LogP contribution is -2.52. The smallest absolute Gasteiger partial charge is 0.255 e. The minimum absolute atomic E-state index is 0.0650. The van der Waals surface area contributed by atoms with Gasteiger partial charge in [0.15, 0.2) is 4.24 Å². The first-order valence-corrected chi connectivity index (χ1v) is 5.95. The van der Waals surface area contributed by atoms with Crippen LogP contribution in [0.5, 0.6) is 0 Å². The Kier molecular flexibility index (Phi) is 1.86. The number of piperidine rings is 1. The van der Waals surface area contributed by atoms with Crippen molar-refractivity contribution in [2.75, 3.05) is 5.72 Å². The van der Waals surface area contributed by atoms with E-state index in [1.54, 1.807) is 0 Å². The number of fused-ring (bicyclic) bond motifs is 1. The highest BCUT2D eigenvalue weighted by Crippen LogP contribution is 2.31. The van der Waals surface area contributed by atoms with Crippen LogP contribution < -0.4 is 11.0 Å². The number of anilines is 1. The number of benzene rings is 1. The van der Waals surface area contributed by atoms with E-state index in [0.29, 0.717) is 0 Å². The van der Waals surface area contributed by atoms with Gasteiger partial charge in [-0.15, -0.1) is 0 Å². The summed E-state index contributed by atoms with van der Waals surface area (Å²) in [6.07, 6.45) is -0.522. The summed E-state index contributed by atoms with van der Waals surface area (Å²) in [5.74, 6) is -3.55. The van der Waals surface area contributed by atoms with Gasteiger partial charge < -0.3 is 10.6 Å². The molecule has 3 rings (SSSR count). The van der Waals surface area contributed by atoms with Gasteiger partial charge >= 0.3 is 0 Å². The number of rotatable bonds is 2. The van der Waals surface area contributed by atoms with Gasteiger partial charge in [0.1, 0.15) is 11.8 Å². The number of halogens is 1. The second-order valence-corrected chi connectivity index (χ2v) is 4.60. The van der Waals surface area contributed by atoms with Crippen molar-refractivity contribution in [1.82, 2.24) is 10.2 Å². The van der Waals surface area contributed by atoms with Gasteiger partial charge in [0.25, 0.3) is 5.91 Å². The molecule has 7 heteroatoms.